The number of hydrogen-bond donors (Lipinski definition) is 1. The number of anilines is 2. The van der Waals surface area contributed by atoms with Crippen LogP contribution in [-0.4, -0.2) is 60.3 Å². The number of halogens is 3. The lowest BCUT2D eigenvalue weighted by Crippen LogP contribution is -2.43. The van der Waals surface area contributed by atoms with Crippen LogP contribution in [0.1, 0.15) is 12.5 Å². The monoisotopic (exact) mass is 579 g/mol. The molecule has 4 rings (SSSR count). The van der Waals surface area contributed by atoms with E-state index in [9.17, 15) is 18.4 Å². The maximum atomic E-state index is 13.6. The number of nitrogens with zero attached hydrogens (tertiary/aromatic N) is 4. The SMILES string of the molecule is CN(C)CCn1c(=O)c2c(n(C)c1=O)NC(OCCOc1cccc(OC(C)(F)F)c1)N2Cc1ccc(Cl)cc1. The Balaban J connectivity index is 1.53. The highest BCUT2D eigenvalue weighted by atomic mass is 35.5. The highest BCUT2D eigenvalue weighted by Gasteiger charge is 2.35. The Labute approximate surface area is 235 Å². The zero-order chi connectivity index (χ0) is 29.0. The third kappa shape index (κ3) is 7.12. The van der Waals surface area contributed by atoms with Crippen molar-refractivity contribution in [3.63, 3.8) is 0 Å². The van der Waals surface area contributed by atoms with Gasteiger partial charge >= 0.3 is 11.8 Å². The molecule has 0 saturated carbocycles. The molecule has 40 heavy (non-hydrogen) atoms. The first-order valence-corrected chi connectivity index (χ1v) is 13.0. The minimum Gasteiger partial charge on any atom is -0.491 e. The van der Waals surface area contributed by atoms with Gasteiger partial charge in [-0.2, -0.15) is 8.78 Å². The zero-order valence-electron chi connectivity index (χ0n) is 22.7. The summed E-state index contributed by atoms with van der Waals surface area (Å²) in [7, 11) is 5.33. The van der Waals surface area contributed by atoms with Crippen LogP contribution >= 0.6 is 11.6 Å². The third-order valence-electron chi connectivity index (χ3n) is 6.12. The van der Waals surface area contributed by atoms with Crippen LogP contribution in [0.25, 0.3) is 0 Å². The van der Waals surface area contributed by atoms with Crippen molar-refractivity contribution in [2.75, 3.05) is 44.1 Å². The average Bonchev–Trinajstić information content (AvgIpc) is 3.24. The summed E-state index contributed by atoms with van der Waals surface area (Å²) < 4.78 is 45.3. The van der Waals surface area contributed by atoms with E-state index in [4.69, 9.17) is 21.1 Å². The summed E-state index contributed by atoms with van der Waals surface area (Å²) in [5, 5.41) is 3.73. The smallest absolute Gasteiger partial charge is 0.394 e. The first kappa shape index (κ1) is 29.4. The molecule has 1 aliphatic heterocycles. The lowest BCUT2D eigenvalue weighted by molar-refractivity contribution is -0.159. The first-order valence-electron chi connectivity index (χ1n) is 12.6. The molecular weight excluding hydrogens is 548 g/mol. The number of ether oxygens (including phenoxy) is 3. The molecule has 10 nitrogen and oxygen atoms in total. The minimum absolute atomic E-state index is 0.0283. The van der Waals surface area contributed by atoms with E-state index in [1.807, 2.05) is 31.1 Å². The molecule has 0 fully saturated rings. The van der Waals surface area contributed by atoms with Crippen LogP contribution in [0.5, 0.6) is 11.5 Å². The standard InChI is InChI=1S/C27H32ClF2N5O5/c1-27(29,30)40-21-7-5-6-20(16-21)38-14-15-39-25-31-23-22(35(25)17-18-8-10-19(28)11-9-18)24(36)34(13-12-32(2)3)26(37)33(23)4/h5-11,16,25,31H,12-15,17H2,1-4H3. The van der Waals surface area contributed by atoms with Gasteiger partial charge < -0.3 is 29.3 Å². The second-order valence-corrected chi connectivity index (χ2v) is 10.1. The molecule has 0 spiro atoms. The number of fused-ring (bicyclic) bond motifs is 1. The number of likely N-dealkylation sites (N-methyl/N-ethyl adjacent to an activating group) is 1. The van der Waals surface area contributed by atoms with Crippen LogP contribution in [0.3, 0.4) is 0 Å². The number of rotatable bonds is 12. The van der Waals surface area contributed by atoms with E-state index < -0.39 is 23.7 Å². The maximum Gasteiger partial charge on any atom is 0.394 e. The van der Waals surface area contributed by atoms with Crippen LogP contribution < -0.4 is 30.9 Å². The summed E-state index contributed by atoms with van der Waals surface area (Å²) in [6, 6.07) is 13.1. The summed E-state index contributed by atoms with van der Waals surface area (Å²) in [5.41, 5.74) is 0.329. The second kappa shape index (κ2) is 12.3. The van der Waals surface area contributed by atoms with Crippen molar-refractivity contribution in [1.82, 2.24) is 14.0 Å². The number of hydrogen-bond acceptors (Lipinski definition) is 8. The van der Waals surface area contributed by atoms with Crippen LogP contribution in [0.15, 0.2) is 58.1 Å². The highest BCUT2D eigenvalue weighted by molar-refractivity contribution is 6.30. The number of alkyl halides is 2. The zero-order valence-corrected chi connectivity index (χ0v) is 23.5. The molecule has 1 atom stereocenters. The van der Waals surface area contributed by atoms with Gasteiger partial charge in [0.05, 0.1) is 6.61 Å². The van der Waals surface area contributed by atoms with E-state index in [0.717, 1.165) is 5.56 Å². The Kier molecular flexibility index (Phi) is 9.02. The van der Waals surface area contributed by atoms with Gasteiger partial charge in [0.25, 0.3) is 5.56 Å². The Morgan fingerprint density at radius 3 is 2.45 bits per heavy atom. The quantitative estimate of drug-likeness (QED) is 0.326. The van der Waals surface area contributed by atoms with E-state index in [-0.39, 0.29) is 25.5 Å². The van der Waals surface area contributed by atoms with E-state index in [1.54, 1.807) is 36.2 Å². The molecule has 1 aromatic heterocycles. The average molecular weight is 580 g/mol. The van der Waals surface area contributed by atoms with E-state index in [1.165, 1.54) is 21.3 Å². The van der Waals surface area contributed by atoms with Crippen LogP contribution in [-0.2, 0) is 24.9 Å². The number of nitrogens with one attached hydrogen (secondary N) is 1. The Hall–Kier alpha value is -3.61. The molecule has 13 heteroatoms. The predicted octanol–water partition coefficient (Wildman–Crippen LogP) is 3.56. The van der Waals surface area contributed by atoms with Gasteiger partial charge in [0.2, 0.25) is 6.35 Å². The molecule has 0 bridgehead atoms. The van der Waals surface area contributed by atoms with Crippen molar-refractivity contribution < 1.29 is 23.0 Å². The van der Waals surface area contributed by atoms with Gasteiger partial charge in [-0.05, 0) is 43.9 Å². The Morgan fingerprint density at radius 1 is 1.07 bits per heavy atom. The van der Waals surface area contributed by atoms with E-state index in [2.05, 4.69) is 10.1 Å². The normalized spacial score (nSPS) is 14.8. The van der Waals surface area contributed by atoms with Gasteiger partial charge in [0, 0.05) is 44.7 Å². The molecule has 1 N–H and O–H groups in total. The van der Waals surface area contributed by atoms with Crippen molar-refractivity contribution in [2.45, 2.75) is 32.5 Å². The molecule has 216 valence electrons. The third-order valence-corrected chi connectivity index (χ3v) is 6.38. The summed E-state index contributed by atoms with van der Waals surface area (Å²) in [5.74, 6) is 0.651. The largest absolute Gasteiger partial charge is 0.491 e. The van der Waals surface area contributed by atoms with Gasteiger partial charge in [-0.3, -0.25) is 13.9 Å². The first-order chi connectivity index (χ1) is 18.9. The topological polar surface area (TPSA) is 90.2 Å². The molecule has 1 aliphatic rings. The van der Waals surface area contributed by atoms with Gasteiger partial charge in [-0.25, -0.2) is 4.79 Å². The number of aromatic nitrogens is 2. The van der Waals surface area contributed by atoms with Gasteiger partial charge in [-0.1, -0.05) is 29.8 Å². The predicted molar refractivity (Wildman–Crippen MR) is 149 cm³/mol. The molecule has 0 amide bonds. The fourth-order valence-corrected chi connectivity index (χ4v) is 4.34. The highest BCUT2D eigenvalue weighted by Crippen LogP contribution is 2.32. The van der Waals surface area contributed by atoms with Crippen molar-refractivity contribution in [3.05, 3.63) is 80.0 Å². The molecule has 0 radical (unpaired) electrons. The second-order valence-electron chi connectivity index (χ2n) is 9.65. The molecule has 3 aromatic rings. The van der Waals surface area contributed by atoms with Gasteiger partial charge in [-0.15, -0.1) is 0 Å². The van der Waals surface area contributed by atoms with Gasteiger partial charge in [0.1, 0.15) is 29.6 Å². The van der Waals surface area contributed by atoms with Crippen LogP contribution in [0.4, 0.5) is 20.3 Å². The molecule has 2 aromatic carbocycles. The lowest BCUT2D eigenvalue weighted by atomic mass is 10.2. The van der Waals surface area contributed by atoms with Crippen molar-refractivity contribution >= 4 is 23.1 Å². The summed E-state index contributed by atoms with van der Waals surface area (Å²) in [4.78, 5) is 30.2. The molecule has 0 saturated heterocycles. The van der Waals surface area contributed by atoms with Crippen LogP contribution in [0.2, 0.25) is 5.02 Å². The summed E-state index contributed by atoms with van der Waals surface area (Å²) >= 11 is 6.05. The molecule has 2 heterocycles. The van der Waals surface area contributed by atoms with Crippen molar-refractivity contribution in [1.29, 1.82) is 0 Å². The molecule has 0 aliphatic carbocycles. The van der Waals surface area contributed by atoms with Crippen LogP contribution in [0, 0.1) is 0 Å². The van der Waals surface area contributed by atoms with E-state index >= 15 is 0 Å². The summed E-state index contributed by atoms with van der Waals surface area (Å²) in [6.07, 6.45) is -4.10. The maximum absolute atomic E-state index is 13.6. The van der Waals surface area contributed by atoms with Gasteiger partial charge in [0.15, 0.2) is 0 Å². The Morgan fingerprint density at radius 2 is 1.77 bits per heavy atom. The Bertz CT molecular complexity index is 1440. The van der Waals surface area contributed by atoms with E-state index in [0.29, 0.717) is 42.3 Å². The molecular formula is C27H32ClF2N5O5. The number of benzene rings is 2. The summed E-state index contributed by atoms with van der Waals surface area (Å²) in [6.45, 7) is 1.87. The fraction of sp³-hybridized carbons (Fsp3) is 0.407. The van der Waals surface area contributed by atoms with Crippen molar-refractivity contribution in [3.8, 4) is 11.5 Å². The van der Waals surface area contributed by atoms with Crippen molar-refractivity contribution in [2.24, 2.45) is 7.05 Å². The molecule has 1 unspecified atom stereocenters. The lowest BCUT2D eigenvalue weighted by Gasteiger charge is -2.26. The minimum atomic E-state index is -3.32. The fourth-order valence-electron chi connectivity index (χ4n) is 4.22.